The van der Waals surface area contributed by atoms with Crippen LogP contribution in [0.2, 0.25) is 0 Å². The maximum Gasteiger partial charge on any atom is 0.226 e. The van der Waals surface area contributed by atoms with Gasteiger partial charge in [0.15, 0.2) is 0 Å². The third-order valence-corrected chi connectivity index (χ3v) is 4.49. The summed E-state index contributed by atoms with van der Waals surface area (Å²) in [4.78, 5) is 14.0. The van der Waals surface area contributed by atoms with Gasteiger partial charge in [-0.25, -0.2) is 0 Å². The first-order valence-corrected chi connectivity index (χ1v) is 6.24. The molecule has 0 aromatic rings. The maximum atomic E-state index is 12.3. The number of carbonyl (C=O) groups is 1. The molecule has 1 spiro atoms. The molecule has 17 heavy (non-hydrogen) atoms. The molecule has 2 aliphatic heterocycles. The lowest BCUT2D eigenvalue weighted by atomic mass is 10.0. The van der Waals surface area contributed by atoms with Crippen LogP contribution < -0.4 is 0 Å². The van der Waals surface area contributed by atoms with Crippen LogP contribution in [0.5, 0.6) is 0 Å². The summed E-state index contributed by atoms with van der Waals surface area (Å²) in [7, 11) is 1.77. The highest BCUT2D eigenvalue weighted by Gasteiger charge is 2.61. The Hall–Kier alpha value is -0.650. The van der Waals surface area contributed by atoms with Crippen molar-refractivity contribution in [2.75, 3.05) is 33.5 Å². The summed E-state index contributed by atoms with van der Waals surface area (Å²) in [5.74, 6) is 0.243. The molecule has 0 aromatic carbocycles. The predicted octanol–water partition coefficient (Wildman–Crippen LogP) is -0.369. The minimum absolute atomic E-state index is 0.0998. The molecule has 96 valence electrons. The van der Waals surface area contributed by atoms with Gasteiger partial charge in [-0.2, -0.15) is 0 Å². The number of amides is 1. The molecule has 1 amide bonds. The number of hydrogen-bond donors (Lipinski definition) is 1. The van der Waals surface area contributed by atoms with Gasteiger partial charge in [0.2, 0.25) is 5.91 Å². The Bertz CT molecular complexity index is 326. The van der Waals surface area contributed by atoms with Crippen LogP contribution in [0.1, 0.15) is 12.8 Å². The van der Waals surface area contributed by atoms with Crippen LogP contribution in [0.3, 0.4) is 0 Å². The van der Waals surface area contributed by atoms with Gasteiger partial charge in [0.25, 0.3) is 0 Å². The van der Waals surface area contributed by atoms with Crippen LogP contribution in [0.15, 0.2) is 0 Å². The molecule has 5 nitrogen and oxygen atoms in total. The number of aliphatic hydroxyl groups excluding tert-OH is 1. The monoisotopic (exact) mass is 241 g/mol. The average molecular weight is 241 g/mol. The summed E-state index contributed by atoms with van der Waals surface area (Å²) in [5.41, 5.74) is 0.121. The zero-order chi connectivity index (χ0) is 12.0. The van der Waals surface area contributed by atoms with Crippen molar-refractivity contribution in [3.05, 3.63) is 0 Å². The van der Waals surface area contributed by atoms with Crippen molar-refractivity contribution in [2.45, 2.75) is 25.0 Å². The highest BCUT2D eigenvalue weighted by atomic mass is 16.5. The van der Waals surface area contributed by atoms with Crippen molar-refractivity contribution >= 4 is 5.91 Å². The quantitative estimate of drug-likeness (QED) is 0.716. The first-order chi connectivity index (χ1) is 8.14. The third-order valence-electron chi connectivity index (χ3n) is 4.49. The topological polar surface area (TPSA) is 59.0 Å². The normalized spacial score (nSPS) is 44.2. The van der Waals surface area contributed by atoms with Gasteiger partial charge >= 0.3 is 0 Å². The standard InChI is InChI=1S/C12H19NO4/c1-13(9-5-17-6-10(9)14)11(15)8-4-12(8)2-3-16-7-12/h8-10,14H,2-7H2,1H3/t8?,9-,10-,12?/m1/s1. The van der Waals surface area contributed by atoms with Crippen molar-refractivity contribution in [3.63, 3.8) is 0 Å². The van der Waals surface area contributed by atoms with E-state index in [0.717, 1.165) is 26.1 Å². The van der Waals surface area contributed by atoms with Gasteiger partial charge in [-0.05, 0) is 12.8 Å². The second kappa shape index (κ2) is 3.93. The minimum atomic E-state index is -0.543. The largest absolute Gasteiger partial charge is 0.388 e. The first-order valence-electron chi connectivity index (χ1n) is 6.24. The van der Waals surface area contributed by atoms with E-state index >= 15 is 0 Å². The van der Waals surface area contributed by atoms with Crippen LogP contribution in [-0.4, -0.2) is 61.5 Å². The number of likely N-dealkylation sites (N-methyl/N-ethyl adjacent to an activating group) is 1. The molecule has 2 heterocycles. The van der Waals surface area contributed by atoms with Gasteiger partial charge in [-0.3, -0.25) is 4.79 Å². The van der Waals surface area contributed by atoms with Crippen LogP contribution in [0, 0.1) is 11.3 Å². The lowest BCUT2D eigenvalue weighted by Gasteiger charge is -2.26. The van der Waals surface area contributed by atoms with Gasteiger partial charge in [-0.15, -0.1) is 0 Å². The Morgan fingerprint density at radius 3 is 2.82 bits per heavy atom. The summed E-state index contributed by atoms with van der Waals surface area (Å²) in [6.07, 6.45) is 1.40. The third kappa shape index (κ3) is 1.77. The van der Waals surface area contributed by atoms with Crippen molar-refractivity contribution in [1.82, 2.24) is 4.90 Å². The Morgan fingerprint density at radius 2 is 2.24 bits per heavy atom. The van der Waals surface area contributed by atoms with Crippen LogP contribution in [0.4, 0.5) is 0 Å². The number of nitrogens with zero attached hydrogens (tertiary/aromatic N) is 1. The van der Waals surface area contributed by atoms with E-state index in [4.69, 9.17) is 9.47 Å². The number of aliphatic hydroxyl groups is 1. The zero-order valence-electron chi connectivity index (χ0n) is 10.1. The molecule has 0 aromatic heterocycles. The highest BCUT2D eigenvalue weighted by Crippen LogP contribution is 2.58. The number of carbonyl (C=O) groups excluding carboxylic acids is 1. The fourth-order valence-corrected chi connectivity index (χ4v) is 3.07. The van der Waals surface area contributed by atoms with Crippen LogP contribution in [0.25, 0.3) is 0 Å². The van der Waals surface area contributed by atoms with Gasteiger partial charge in [0, 0.05) is 25.0 Å². The van der Waals surface area contributed by atoms with E-state index in [1.54, 1.807) is 11.9 Å². The SMILES string of the molecule is CN(C(=O)C1CC12CCOC2)[C@@H]1COC[C@H]1O. The summed E-state index contributed by atoms with van der Waals surface area (Å²) >= 11 is 0. The Kier molecular flexibility index (Phi) is 2.65. The number of rotatable bonds is 2. The summed E-state index contributed by atoms with van der Waals surface area (Å²) in [6.45, 7) is 2.28. The van der Waals surface area contributed by atoms with Gasteiger partial charge in [0.05, 0.1) is 32.0 Å². The molecule has 3 aliphatic rings. The zero-order valence-corrected chi connectivity index (χ0v) is 10.1. The molecular weight excluding hydrogens is 222 g/mol. The van der Waals surface area contributed by atoms with Crippen LogP contribution >= 0.6 is 0 Å². The van der Waals surface area contributed by atoms with E-state index < -0.39 is 6.10 Å². The molecule has 1 saturated carbocycles. The maximum absolute atomic E-state index is 12.3. The van der Waals surface area contributed by atoms with Crippen molar-refractivity contribution < 1.29 is 19.4 Å². The molecule has 0 bridgehead atoms. The Balaban J connectivity index is 1.63. The molecule has 3 fully saturated rings. The highest BCUT2D eigenvalue weighted by molar-refractivity contribution is 5.83. The smallest absolute Gasteiger partial charge is 0.226 e. The first kappa shape index (κ1) is 11.4. The number of ether oxygens (including phenoxy) is 2. The fraction of sp³-hybridized carbons (Fsp3) is 0.917. The summed E-state index contributed by atoms with van der Waals surface area (Å²) in [6, 6.07) is -0.178. The minimum Gasteiger partial charge on any atom is -0.388 e. The molecule has 1 N–H and O–H groups in total. The lowest BCUT2D eigenvalue weighted by Crippen LogP contribution is -2.45. The number of hydrogen-bond acceptors (Lipinski definition) is 4. The fourth-order valence-electron chi connectivity index (χ4n) is 3.07. The van der Waals surface area contributed by atoms with E-state index in [9.17, 15) is 9.90 Å². The van der Waals surface area contributed by atoms with E-state index in [2.05, 4.69) is 0 Å². The molecule has 5 heteroatoms. The summed E-state index contributed by atoms with van der Waals surface area (Å²) in [5, 5.41) is 9.72. The molecule has 0 radical (unpaired) electrons. The van der Waals surface area contributed by atoms with Gasteiger partial charge in [0.1, 0.15) is 0 Å². The molecule has 2 unspecified atom stereocenters. The van der Waals surface area contributed by atoms with E-state index in [1.165, 1.54) is 0 Å². The molecule has 4 atom stereocenters. The van der Waals surface area contributed by atoms with Crippen molar-refractivity contribution in [1.29, 1.82) is 0 Å². The summed E-state index contributed by atoms with van der Waals surface area (Å²) < 4.78 is 10.6. The average Bonchev–Trinajstić information content (AvgIpc) is 2.65. The van der Waals surface area contributed by atoms with Gasteiger partial charge < -0.3 is 19.5 Å². The van der Waals surface area contributed by atoms with Crippen LogP contribution in [-0.2, 0) is 14.3 Å². The lowest BCUT2D eigenvalue weighted by molar-refractivity contribution is -0.135. The molecule has 1 aliphatic carbocycles. The van der Waals surface area contributed by atoms with E-state index in [-0.39, 0.29) is 23.3 Å². The second-order valence-electron chi connectivity index (χ2n) is 5.54. The second-order valence-corrected chi connectivity index (χ2v) is 5.54. The Morgan fingerprint density at radius 1 is 1.41 bits per heavy atom. The van der Waals surface area contributed by atoms with E-state index in [0.29, 0.717) is 13.2 Å². The molecule has 3 rings (SSSR count). The van der Waals surface area contributed by atoms with Crippen molar-refractivity contribution in [2.24, 2.45) is 11.3 Å². The predicted molar refractivity (Wildman–Crippen MR) is 59.4 cm³/mol. The van der Waals surface area contributed by atoms with Gasteiger partial charge in [-0.1, -0.05) is 0 Å². The molecule has 2 saturated heterocycles. The Labute approximate surface area is 101 Å². The molecular formula is C12H19NO4. The van der Waals surface area contributed by atoms with E-state index in [1.807, 2.05) is 0 Å². The van der Waals surface area contributed by atoms with Crippen molar-refractivity contribution in [3.8, 4) is 0 Å².